The molecule has 174 valence electrons. The number of nitrogens with one attached hydrogen (secondary N) is 2. The van der Waals surface area contributed by atoms with E-state index in [9.17, 15) is 14.4 Å². The number of carbonyl (C=O) groups excluding carboxylic acids is 3. The first-order valence-corrected chi connectivity index (χ1v) is 11.2. The van der Waals surface area contributed by atoms with Gasteiger partial charge in [0, 0.05) is 13.0 Å². The topological polar surface area (TPSA) is 97.0 Å². The number of benzene rings is 2. The van der Waals surface area contributed by atoms with Crippen molar-refractivity contribution < 1.29 is 23.9 Å². The Labute approximate surface area is 193 Å². The molecule has 4 amide bonds. The number of aryl methyl sites for hydroxylation is 1. The van der Waals surface area contributed by atoms with E-state index in [-0.39, 0.29) is 30.7 Å². The fourth-order valence-corrected chi connectivity index (χ4v) is 4.49. The van der Waals surface area contributed by atoms with Crippen molar-refractivity contribution >= 4 is 17.8 Å². The lowest BCUT2D eigenvalue weighted by molar-refractivity contribution is -0.127. The average Bonchev–Trinajstić information content (AvgIpc) is 3.34. The van der Waals surface area contributed by atoms with Crippen LogP contribution in [-0.2, 0) is 22.4 Å². The number of nitrogens with zero attached hydrogens (tertiary/aromatic N) is 1. The van der Waals surface area contributed by atoms with Gasteiger partial charge in [-0.2, -0.15) is 0 Å². The highest BCUT2D eigenvalue weighted by Gasteiger charge is 2.37. The van der Waals surface area contributed by atoms with Gasteiger partial charge in [-0.15, -0.1) is 0 Å². The molecule has 0 unspecified atom stereocenters. The van der Waals surface area contributed by atoms with Crippen LogP contribution in [0.3, 0.4) is 0 Å². The molecule has 1 aliphatic heterocycles. The Kier molecular flexibility index (Phi) is 6.82. The highest BCUT2D eigenvalue weighted by molar-refractivity contribution is 6.04. The monoisotopic (exact) mass is 451 g/mol. The van der Waals surface area contributed by atoms with Crippen LogP contribution >= 0.6 is 0 Å². The van der Waals surface area contributed by atoms with Crippen molar-refractivity contribution in [3.63, 3.8) is 0 Å². The van der Waals surface area contributed by atoms with Crippen molar-refractivity contribution in [2.24, 2.45) is 0 Å². The lowest BCUT2D eigenvalue weighted by Crippen LogP contribution is -2.34. The first-order chi connectivity index (χ1) is 16.0. The van der Waals surface area contributed by atoms with Gasteiger partial charge in [0.2, 0.25) is 5.91 Å². The van der Waals surface area contributed by atoms with Gasteiger partial charge in [-0.25, -0.2) is 4.79 Å². The Balaban J connectivity index is 1.29. The number of fused-ring (bicyclic) bond motifs is 1. The van der Waals surface area contributed by atoms with Crippen LogP contribution in [0.15, 0.2) is 42.5 Å². The van der Waals surface area contributed by atoms with Crippen LogP contribution in [-0.4, -0.2) is 49.6 Å². The molecule has 2 atom stereocenters. The van der Waals surface area contributed by atoms with E-state index in [2.05, 4.69) is 10.6 Å². The minimum Gasteiger partial charge on any atom is -0.493 e. The highest BCUT2D eigenvalue weighted by atomic mass is 16.5. The standard InChI is InChI=1S/C25H29N3O5/c1-32-21-14-17-8-9-19(18(17)15-22(21)33-2)26-23(29)11-10-20-24(30)28(25(31)27-20)13-12-16-6-4-3-5-7-16/h3-7,14-15,19-20H,8-13H2,1-2H3,(H,26,29)(H,27,31)/t19-,20+/m1/s1. The van der Waals surface area contributed by atoms with Crippen LogP contribution in [0.5, 0.6) is 11.5 Å². The molecule has 4 rings (SSSR count). The largest absolute Gasteiger partial charge is 0.493 e. The first kappa shape index (κ1) is 22.6. The second-order valence-corrected chi connectivity index (χ2v) is 8.33. The summed E-state index contributed by atoms with van der Waals surface area (Å²) >= 11 is 0. The normalized spacial score (nSPS) is 19.3. The molecule has 1 heterocycles. The van der Waals surface area contributed by atoms with Gasteiger partial charge in [0.05, 0.1) is 20.3 Å². The Morgan fingerprint density at radius 3 is 2.58 bits per heavy atom. The third-order valence-electron chi connectivity index (χ3n) is 6.29. The molecule has 2 aromatic rings. The van der Waals surface area contributed by atoms with Crippen LogP contribution in [0.1, 0.15) is 42.0 Å². The molecule has 1 fully saturated rings. The molecule has 8 nitrogen and oxygen atoms in total. The summed E-state index contributed by atoms with van der Waals surface area (Å²) in [5.74, 6) is 0.891. The Morgan fingerprint density at radius 1 is 1.12 bits per heavy atom. The van der Waals surface area contributed by atoms with Gasteiger partial charge in [-0.05, 0) is 54.5 Å². The van der Waals surface area contributed by atoms with Crippen molar-refractivity contribution in [2.45, 2.75) is 44.2 Å². The van der Waals surface area contributed by atoms with Crippen LogP contribution in [0.25, 0.3) is 0 Å². The summed E-state index contributed by atoms with van der Waals surface area (Å²) in [6, 6.07) is 12.4. The van der Waals surface area contributed by atoms with Crippen molar-refractivity contribution in [1.82, 2.24) is 15.5 Å². The highest BCUT2D eigenvalue weighted by Crippen LogP contribution is 2.39. The third-order valence-corrected chi connectivity index (χ3v) is 6.29. The molecule has 2 aliphatic rings. The molecule has 0 aromatic heterocycles. The van der Waals surface area contributed by atoms with E-state index < -0.39 is 12.1 Å². The molecule has 1 saturated heterocycles. The summed E-state index contributed by atoms with van der Waals surface area (Å²) in [5, 5.41) is 5.77. The number of rotatable bonds is 9. The summed E-state index contributed by atoms with van der Waals surface area (Å²) in [6.45, 7) is 0.321. The second-order valence-electron chi connectivity index (χ2n) is 8.33. The number of methoxy groups -OCH3 is 2. The van der Waals surface area contributed by atoms with E-state index in [1.807, 2.05) is 42.5 Å². The van der Waals surface area contributed by atoms with Crippen LogP contribution in [0.4, 0.5) is 4.79 Å². The van der Waals surface area contributed by atoms with Crippen molar-refractivity contribution in [1.29, 1.82) is 0 Å². The molecule has 8 heteroatoms. The smallest absolute Gasteiger partial charge is 0.324 e. The van der Waals surface area contributed by atoms with E-state index in [4.69, 9.17) is 9.47 Å². The second kappa shape index (κ2) is 9.94. The molecule has 0 saturated carbocycles. The molecule has 0 radical (unpaired) electrons. The average molecular weight is 452 g/mol. The van der Waals surface area contributed by atoms with Gasteiger partial charge < -0.3 is 20.1 Å². The van der Waals surface area contributed by atoms with Gasteiger partial charge in [0.1, 0.15) is 6.04 Å². The van der Waals surface area contributed by atoms with E-state index in [0.717, 1.165) is 29.5 Å². The summed E-state index contributed by atoms with van der Waals surface area (Å²) < 4.78 is 10.8. The molecule has 0 spiro atoms. The van der Waals surface area contributed by atoms with Crippen LogP contribution in [0.2, 0.25) is 0 Å². The summed E-state index contributed by atoms with van der Waals surface area (Å²) in [5.41, 5.74) is 3.22. The minimum atomic E-state index is -0.667. The van der Waals surface area contributed by atoms with Crippen LogP contribution in [0, 0.1) is 0 Å². The SMILES string of the molecule is COc1cc2c(cc1OC)[C@H](NC(=O)CC[C@@H]1NC(=O)N(CCc3ccccc3)C1=O)CC2. The Morgan fingerprint density at radius 2 is 1.85 bits per heavy atom. The lowest BCUT2D eigenvalue weighted by Gasteiger charge is -2.17. The van der Waals surface area contributed by atoms with Crippen LogP contribution < -0.4 is 20.1 Å². The molecular weight excluding hydrogens is 422 g/mol. The zero-order valence-electron chi connectivity index (χ0n) is 18.9. The summed E-state index contributed by atoms with van der Waals surface area (Å²) in [7, 11) is 3.19. The molecule has 2 aromatic carbocycles. The quantitative estimate of drug-likeness (QED) is 0.572. The van der Waals surface area contributed by atoms with E-state index in [1.165, 1.54) is 4.90 Å². The Bertz CT molecular complexity index is 1040. The van der Waals surface area contributed by atoms with Gasteiger partial charge in [0.15, 0.2) is 11.5 Å². The Hall–Kier alpha value is -3.55. The molecule has 2 N–H and O–H groups in total. The maximum absolute atomic E-state index is 12.7. The molecule has 0 bridgehead atoms. The zero-order valence-corrected chi connectivity index (χ0v) is 18.9. The van der Waals surface area contributed by atoms with Crippen molar-refractivity contribution in [3.8, 4) is 11.5 Å². The maximum Gasteiger partial charge on any atom is 0.324 e. The predicted octanol–water partition coefficient (Wildman–Crippen LogP) is 2.75. The number of imide groups is 1. The number of hydrogen-bond acceptors (Lipinski definition) is 5. The minimum absolute atomic E-state index is 0.108. The summed E-state index contributed by atoms with van der Waals surface area (Å²) in [6.07, 6.45) is 2.66. The van der Waals surface area contributed by atoms with E-state index in [0.29, 0.717) is 24.5 Å². The van der Waals surface area contributed by atoms with Crippen molar-refractivity contribution in [2.75, 3.05) is 20.8 Å². The fraction of sp³-hybridized carbons (Fsp3) is 0.400. The number of amides is 4. The van der Waals surface area contributed by atoms with E-state index >= 15 is 0 Å². The molecule has 1 aliphatic carbocycles. The molecular formula is C25H29N3O5. The first-order valence-electron chi connectivity index (χ1n) is 11.2. The number of urea groups is 1. The van der Waals surface area contributed by atoms with Crippen molar-refractivity contribution in [3.05, 3.63) is 59.2 Å². The lowest BCUT2D eigenvalue weighted by atomic mass is 10.1. The molecule has 33 heavy (non-hydrogen) atoms. The number of carbonyl (C=O) groups is 3. The third kappa shape index (κ3) is 4.94. The predicted molar refractivity (Wildman–Crippen MR) is 122 cm³/mol. The zero-order chi connectivity index (χ0) is 23.4. The van der Waals surface area contributed by atoms with E-state index in [1.54, 1.807) is 14.2 Å². The maximum atomic E-state index is 12.7. The summed E-state index contributed by atoms with van der Waals surface area (Å²) in [4.78, 5) is 38.8. The van der Waals surface area contributed by atoms with Gasteiger partial charge in [0.25, 0.3) is 5.91 Å². The van der Waals surface area contributed by atoms with Gasteiger partial charge in [-0.3, -0.25) is 14.5 Å². The number of hydrogen-bond donors (Lipinski definition) is 2. The number of ether oxygens (including phenoxy) is 2. The van der Waals surface area contributed by atoms with Gasteiger partial charge >= 0.3 is 6.03 Å². The van der Waals surface area contributed by atoms with Gasteiger partial charge in [-0.1, -0.05) is 30.3 Å². The fourth-order valence-electron chi connectivity index (χ4n) is 4.49.